The third-order valence-corrected chi connectivity index (χ3v) is 4.14. The number of aromatic nitrogens is 1. The highest BCUT2D eigenvalue weighted by Crippen LogP contribution is 2.30. The molecule has 1 aromatic carbocycles. The van der Waals surface area contributed by atoms with E-state index in [1.807, 2.05) is 11.8 Å². The number of fused-ring (bicyclic) bond motifs is 3. The Labute approximate surface area is 113 Å². The first-order chi connectivity index (χ1) is 9.26. The maximum absolute atomic E-state index is 11.9. The molecule has 19 heavy (non-hydrogen) atoms. The molecule has 1 aromatic heterocycles. The largest absolute Gasteiger partial charge is 0.343 e. The molecule has 0 N–H and O–H groups in total. The molecule has 1 aliphatic rings. The van der Waals surface area contributed by atoms with Gasteiger partial charge in [-0.05, 0) is 25.0 Å². The number of hydrogen-bond acceptors (Lipinski definition) is 1. The Hall–Kier alpha value is -1.77. The second-order valence-corrected chi connectivity index (χ2v) is 5.11. The molecular formula is C16H20N2O. The second-order valence-electron chi connectivity index (χ2n) is 5.11. The van der Waals surface area contributed by atoms with E-state index in [0.29, 0.717) is 6.42 Å². The Kier molecular flexibility index (Phi) is 3.05. The summed E-state index contributed by atoms with van der Waals surface area (Å²) in [6.07, 6.45) is 1.58. The Bertz CT molecular complexity index is 594. The van der Waals surface area contributed by atoms with Gasteiger partial charge in [-0.25, -0.2) is 0 Å². The van der Waals surface area contributed by atoms with Gasteiger partial charge in [0.25, 0.3) is 0 Å². The zero-order valence-corrected chi connectivity index (χ0v) is 11.6. The minimum Gasteiger partial charge on any atom is -0.343 e. The molecule has 100 valence electrons. The lowest BCUT2D eigenvalue weighted by molar-refractivity contribution is -0.131. The van der Waals surface area contributed by atoms with Crippen molar-refractivity contribution >= 4 is 16.8 Å². The number of carbonyl (C=O) groups excluding carboxylic acids is 1. The molecule has 1 aliphatic heterocycles. The number of hydrogen-bond donors (Lipinski definition) is 0. The summed E-state index contributed by atoms with van der Waals surface area (Å²) in [5.74, 6) is 0.263. The van der Waals surface area contributed by atoms with Gasteiger partial charge in [-0.15, -0.1) is 0 Å². The van der Waals surface area contributed by atoms with Crippen LogP contribution in [-0.4, -0.2) is 21.9 Å². The third kappa shape index (κ3) is 1.84. The van der Waals surface area contributed by atoms with Crippen molar-refractivity contribution in [3.05, 3.63) is 35.5 Å². The molecule has 0 saturated heterocycles. The molecule has 2 heterocycles. The summed E-state index contributed by atoms with van der Waals surface area (Å²) in [4.78, 5) is 13.9. The summed E-state index contributed by atoms with van der Waals surface area (Å²) in [6.45, 7) is 6.70. The van der Waals surface area contributed by atoms with Gasteiger partial charge >= 0.3 is 0 Å². The van der Waals surface area contributed by atoms with Gasteiger partial charge < -0.3 is 9.47 Å². The molecular weight excluding hydrogens is 236 g/mol. The van der Waals surface area contributed by atoms with Gasteiger partial charge in [-0.2, -0.15) is 0 Å². The molecule has 3 heteroatoms. The first-order valence-electron chi connectivity index (χ1n) is 7.13. The quantitative estimate of drug-likeness (QED) is 0.811. The number of aryl methyl sites for hydroxylation is 1. The summed E-state index contributed by atoms with van der Waals surface area (Å²) < 4.78 is 2.36. The van der Waals surface area contributed by atoms with Crippen molar-refractivity contribution in [1.82, 2.24) is 9.47 Å². The second kappa shape index (κ2) is 4.72. The fraction of sp³-hybridized carbons (Fsp3) is 0.438. The molecule has 0 saturated carbocycles. The SMILES string of the molecule is CCC(=O)N1CCc2c(n(CC)c3ccccc23)C1. The minimum atomic E-state index is 0.263. The standard InChI is InChI=1S/C16H20N2O/c1-3-16(19)17-10-9-13-12-7-5-6-8-14(12)18(4-2)15(13)11-17/h5-8H,3-4,9-11H2,1-2H3. The van der Waals surface area contributed by atoms with Crippen molar-refractivity contribution in [2.24, 2.45) is 0 Å². The van der Waals surface area contributed by atoms with Crippen LogP contribution in [-0.2, 0) is 24.3 Å². The summed E-state index contributed by atoms with van der Waals surface area (Å²) in [7, 11) is 0. The molecule has 0 spiro atoms. The third-order valence-electron chi connectivity index (χ3n) is 4.14. The number of para-hydroxylation sites is 1. The average molecular weight is 256 g/mol. The van der Waals surface area contributed by atoms with Crippen LogP contribution in [0.4, 0.5) is 0 Å². The lowest BCUT2D eigenvalue weighted by Gasteiger charge is -2.28. The first kappa shape index (κ1) is 12.3. The van der Waals surface area contributed by atoms with Gasteiger partial charge in [-0.1, -0.05) is 25.1 Å². The molecule has 0 aliphatic carbocycles. The molecule has 0 radical (unpaired) electrons. The topological polar surface area (TPSA) is 25.2 Å². The van der Waals surface area contributed by atoms with Crippen molar-refractivity contribution in [2.75, 3.05) is 6.54 Å². The summed E-state index contributed by atoms with van der Waals surface area (Å²) >= 11 is 0. The van der Waals surface area contributed by atoms with E-state index in [1.165, 1.54) is 22.2 Å². The van der Waals surface area contributed by atoms with E-state index in [0.717, 1.165) is 26.1 Å². The Morgan fingerprint density at radius 1 is 1.26 bits per heavy atom. The van der Waals surface area contributed by atoms with Crippen molar-refractivity contribution in [2.45, 2.75) is 39.8 Å². The van der Waals surface area contributed by atoms with Crippen molar-refractivity contribution in [1.29, 1.82) is 0 Å². The zero-order valence-electron chi connectivity index (χ0n) is 11.6. The van der Waals surface area contributed by atoms with E-state index in [9.17, 15) is 4.79 Å². The van der Waals surface area contributed by atoms with Crippen molar-refractivity contribution in [3.8, 4) is 0 Å². The molecule has 0 fully saturated rings. The van der Waals surface area contributed by atoms with Crippen molar-refractivity contribution < 1.29 is 4.79 Å². The fourth-order valence-electron chi connectivity index (χ4n) is 3.19. The smallest absolute Gasteiger partial charge is 0.222 e. The predicted octanol–water partition coefficient (Wildman–Crippen LogP) is 2.96. The van der Waals surface area contributed by atoms with Gasteiger partial charge in [0.1, 0.15) is 0 Å². The van der Waals surface area contributed by atoms with E-state index in [4.69, 9.17) is 0 Å². The van der Waals surface area contributed by atoms with Gasteiger partial charge in [0, 0.05) is 36.1 Å². The van der Waals surface area contributed by atoms with E-state index >= 15 is 0 Å². The average Bonchev–Trinajstić information content (AvgIpc) is 2.79. The van der Waals surface area contributed by atoms with Gasteiger partial charge in [0.2, 0.25) is 5.91 Å². The van der Waals surface area contributed by atoms with E-state index in [1.54, 1.807) is 0 Å². The molecule has 0 unspecified atom stereocenters. The summed E-state index contributed by atoms with van der Waals surface area (Å²) in [5, 5.41) is 1.36. The molecule has 2 aromatic rings. The highest BCUT2D eigenvalue weighted by Gasteiger charge is 2.25. The fourth-order valence-corrected chi connectivity index (χ4v) is 3.19. The minimum absolute atomic E-state index is 0.263. The van der Waals surface area contributed by atoms with Crippen molar-refractivity contribution in [3.63, 3.8) is 0 Å². The highest BCUT2D eigenvalue weighted by atomic mass is 16.2. The predicted molar refractivity (Wildman–Crippen MR) is 77.0 cm³/mol. The lowest BCUT2D eigenvalue weighted by Crippen LogP contribution is -2.36. The monoisotopic (exact) mass is 256 g/mol. The highest BCUT2D eigenvalue weighted by molar-refractivity contribution is 5.86. The molecule has 3 nitrogen and oxygen atoms in total. The molecule has 0 bridgehead atoms. The zero-order chi connectivity index (χ0) is 13.4. The van der Waals surface area contributed by atoms with Crippen LogP contribution in [0, 0.1) is 0 Å². The first-order valence-corrected chi connectivity index (χ1v) is 7.13. The maximum atomic E-state index is 11.9. The van der Waals surface area contributed by atoms with Crippen LogP contribution >= 0.6 is 0 Å². The van der Waals surface area contributed by atoms with Crippen LogP contribution in [0.15, 0.2) is 24.3 Å². The lowest BCUT2D eigenvalue weighted by atomic mass is 10.0. The Morgan fingerprint density at radius 3 is 2.79 bits per heavy atom. The molecule has 1 amide bonds. The van der Waals surface area contributed by atoms with E-state index in [2.05, 4.69) is 35.8 Å². The van der Waals surface area contributed by atoms with Gasteiger partial charge in [0.15, 0.2) is 0 Å². The van der Waals surface area contributed by atoms with Gasteiger partial charge in [0.05, 0.1) is 6.54 Å². The van der Waals surface area contributed by atoms with Crippen LogP contribution in [0.25, 0.3) is 10.9 Å². The van der Waals surface area contributed by atoms with E-state index < -0.39 is 0 Å². The maximum Gasteiger partial charge on any atom is 0.222 e. The number of benzene rings is 1. The number of amides is 1. The summed E-state index contributed by atoms with van der Waals surface area (Å²) in [5.41, 5.74) is 4.08. The summed E-state index contributed by atoms with van der Waals surface area (Å²) in [6, 6.07) is 8.59. The van der Waals surface area contributed by atoms with Crippen LogP contribution in [0.2, 0.25) is 0 Å². The molecule has 3 rings (SSSR count). The van der Waals surface area contributed by atoms with Crippen LogP contribution < -0.4 is 0 Å². The van der Waals surface area contributed by atoms with Crippen LogP contribution in [0.1, 0.15) is 31.5 Å². The number of nitrogens with zero attached hydrogens (tertiary/aromatic N) is 2. The number of rotatable bonds is 2. The van der Waals surface area contributed by atoms with Crippen LogP contribution in [0.3, 0.4) is 0 Å². The molecule has 0 atom stereocenters. The normalized spacial score (nSPS) is 14.7. The van der Waals surface area contributed by atoms with E-state index in [-0.39, 0.29) is 5.91 Å². The number of carbonyl (C=O) groups is 1. The Balaban J connectivity index is 2.11. The Morgan fingerprint density at radius 2 is 2.05 bits per heavy atom. The van der Waals surface area contributed by atoms with Crippen LogP contribution in [0.5, 0.6) is 0 Å². The van der Waals surface area contributed by atoms with Gasteiger partial charge in [-0.3, -0.25) is 4.79 Å².